The predicted octanol–water partition coefficient (Wildman–Crippen LogP) is 1.97. The molecule has 14 nitrogen and oxygen atoms in total. The molecule has 4 N–H and O–H groups in total. The lowest BCUT2D eigenvalue weighted by molar-refractivity contribution is -0.146. The molecule has 0 atom stereocenters. The minimum atomic E-state index is -0.944. The van der Waals surface area contributed by atoms with Gasteiger partial charge in [0.25, 0.3) is 5.91 Å². The quantitative estimate of drug-likeness (QED) is 0.202. The summed E-state index contributed by atoms with van der Waals surface area (Å²) in [4.78, 5) is 29.6. The highest BCUT2D eigenvalue weighted by atomic mass is 19.1. The Kier molecular flexibility index (Phi) is 7.17. The fraction of sp³-hybridized carbons (Fsp3) is 0.357. The van der Waals surface area contributed by atoms with Gasteiger partial charge in [-0.3, -0.25) is 20.0 Å². The average Bonchev–Trinajstić information content (AvgIpc) is 3.32. The molecule has 4 aromatic rings. The molecule has 0 radical (unpaired) electrons. The number of ether oxygens (including phenoxy) is 1. The van der Waals surface area contributed by atoms with E-state index in [1.54, 1.807) is 31.1 Å². The third kappa shape index (κ3) is 5.70. The third-order valence-electron chi connectivity index (χ3n) is 7.58. The first kappa shape index (κ1) is 28.1. The molecule has 0 spiro atoms. The van der Waals surface area contributed by atoms with Crippen LogP contribution in [0.3, 0.4) is 0 Å². The Morgan fingerprint density at radius 2 is 2.07 bits per heavy atom. The zero-order valence-corrected chi connectivity index (χ0v) is 23.8. The summed E-state index contributed by atoms with van der Waals surface area (Å²) in [5.41, 5.74) is 9.05. The number of fused-ring (bicyclic) bond motifs is 1. The molecular weight excluding hydrogens is 559 g/mol. The van der Waals surface area contributed by atoms with Gasteiger partial charge in [0.15, 0.2) is 11.6 Å². The van der Waals surface area contributed by atoms with Crippen molar-refractivity contribution >= 4 is 17.5 Å². The molecule has 1 saturated carbocycles. The lowest BCUT2D eigenvalue weighted by Crippen LogP contribution is -2.38. The number of halogens is 1. The molecular formula is C28H31FN10O4. The summed E-state index contributed by atoms with van der Waals surface area (Å²) in [5.74, 6) is -1.45. The second-order valence-electron chi connectivity index (χ2n) is 11.3. The van der Waals surface area contributed by atoms with Crippen molar-refractivity contribution in [3.8, 4) is 11.4 Å². The van der Waals surface area contributed by atoms with Gasteiger partial charge < -0.3 is 19.6 Å². The topological polar surface area (TPSA) is 164 Å². The first-order valence-corrected chi connectivity index (χ1v) is 13.7. The second kappa shape index (κ2) is 11.0. The molecule has 1 amide bonds. The number of benzene rings is 1. The van der Waals surface area contributed by atoms with E-state index in [2.05, 4.69) is 44.1 Å². The van der Waals surface area contributed by atoms with Gasteiger partial charge >= 0.3 is 5.97 Å². The first-order valence-electron chi connectivity index (χ1n) is 13.7. The molecule has 1 aromatic carbocycles. The van der Waals surface area contributed by atoms with Crippen LogP contribution in [-0.4, -0.2) is 58.7 Å². The molecule has 2 aliphatic rings. The van der Waals surface area contributed by atoms with Crippen molar-refractivity contribution < 1.29 is 23.8 Å². The number of rotatable bonds is 11. The molecule has 1 fully saturated rings. The summed E-state index contributed by atoms with van der Waals surface area (Å²) >= 11 is 0. The molecule has 4 heterocycles. The van der Waals surface area contributed by atoms with Gasteiger partial charge in [-0.15, -0.1) is 10.6 Å². The van der Waals surface area contributed by atoms with Gasteiger partial charge in [0.1, 0.15) is 17.7 Å². The molecule has 3 aromatic heterocycles. The molecule has 1 aliphatic carbocycles. The van der Waals surface area contributed by atoms with Crippen LogP contribution in [0.25, 0.3) is 11.3 Å². The number of nitrogens with one attached hydrogen (secondary N) is 3. The molecule has 43 heavy (non-hydrogen) atoms. The highest BCUT2D eigenvalue weighted by Crippen LogP contribution is 2.41. The van der Waals surface area contributed by atoms with Crippen molar-refractivity contribution in [3.63, 3.8) is 0 Å². The molecule has 224 valence electrons. The fourth-order valence-electron chi connectivity index (χ4n) is 5.03. The van der Waals surface area contributed by atoms with E-state index < -0.39 is 23.1 Å². The molecule has 1 aliphatic heterocycles. The van der Waals surface area contributed by atoms with Gasteiger partial charge in [0, 0.05) is 30.7 Å². The SMILES string of the molecule is COc1ccc(-n2cnnn2)c(CNC(=O)C2=CN(Cc3cn4cc(C5CC5)cc(CC(C)(C)C(=O)O)c4n3)NN2)c1F. The maximum atomic E-state index is 15.1. The summed E-state index contributed by atoms with van der Waals surface area (Å²) in [7, 11) is 1.36. The van der Waals surface area contributed by atoms with Crippen LogP contribution in [0.15, 0.2) is 48.8 Å². The van der Waals surface area contributed by atoms with Crippen LogP contribution < -0.4 is 21.0 Å². The molecule has 15 heteroatoms. The smallest absolute Gasteiger partial charge is 0.309 e. The number of nitrogens with zero attached hydrogens (tertiary/aromatic N) is 7. The van der Waals surface area contributed by atoms with Gasteiger partial charge in [-0.2, -0.15) is 0 Å². The summed E-state index contributed by atoms with van der Waals surface area (Å²) in [5, 5.41) is 25.1. The van der Waals surface area contributed by atoms with Crippen molar-refractivity contribution in [3.05, 3.63) is 77.0 Å². The Hall–Kier alpha value is -5.05. The zero-order chi connectivity index (χ0) is 30.3. The van der Waals surface area contributed by atoms with Crippen LogP contribution >= 0.6 is 0 Å². The van der Waals surface area contributed by atoms with Crippen LogP contribution in [-0.2, 0) is 29.1 Å². The number of carbonyl (C=O) groups excluding carboxylic acids is 1. The van der Waals surface area contributed by atoms with E-state index in [9.17, 15) is 14.7 Å². The summed E-state index contributed by atoms with van der Waals surface area (Å²) in [6.45, 7) is 3.60. The van der Waals surface area contributed by atoms with E-state index in [1.165, 1.54) is 29.7 Å². The molecule has 0 unspecified atom stereocenters. The van der Waals surface area contributed by atoms with E-state index in [-0.39, 0.29) is 23.6 Å². The van der Waals surface area contributed by atoms with Crippen molar-refractivity contribution in [2.45, 2.75) is 52.1 Å². The number of hydrazine groups is 2. The third-order valence-corrected chi connectivity index (χ3v) is 7.58. The second-order valence-corrected chi connectivity index (χ2v) is 11.3. The van der Waals surface area contributed by atoms with E-state index in [1.807, 2.05) is 10.6 Å². The van der Waals surface area contributed by atoms with Crippen molar-refractivity contribution in [1.29, 1.82) is 0 Å². The number of methoxy groups -OCH3 is 1. The Morgan fingerprint density at radius 3 is 2.77 bits per heavy atom. The fourth-order valence-corrected chi connectivity index (χ4v) is 5.03. The number of imidazole rings is 1. The van der Waals surface area contributed by atoms with E-state index >= 15 is 4.39 Å². The standard InChI is InChI=1S/C28H31FN10O4/c1-28(2,27(41)42)9-17-8-18(16-4-5-16)11-37-12-19(32-25(17)37)13-38-14-21(33-35-38)26(40)30-10-20-22(39-15-31-34-36-39)6-7-23(43-3)24(20)29/h6-8,11-12,14-16,33,35H,4-5,9-10,13H2,1-3H3,(H,30,40)(H,41,42). The number of pyridine rings is 1. The van der Waals surface area contributed by atoms with Crippen LogP contribution in [0.5, 0.6) is 5.75 Å². The first-order chi connectivity index (χ1) is 20.6. The Morgan fingerprint density at radius 1 is 1.26 bits per heavy atom. The summed E-state index contributed by atoms with van der Waals surface area (Å²) < 4.78 is 23.5. The average molecular weight is 591 g/mol. The number of carbonyl (C=O) groups is 2. The minimum absolute atomic E-state index is 0.0264. The van der Waals surface area contributed by atoms with Gasteiger partial charge in [0.05, 0.1) is 30.5 Å². The van der Waals surface area contributed by atoms with Crippen molar-refractivity contribution in [2.75, 3.05) is 7.11 Å². The Bertz CT molecular complexity index is 1730. The molecule has 0 saturated heterocycles. The number of carboxylic acid groups (broad SMARTS) is 1. The van der Waals surface area contributed by atoms with Crippen LogP contribution in [0.1, 0.15) is 55.0 Å². The number of hydrogen-bond donors (Lipinski definition) is 4. The Balaban J connectivity index is 1.17. The molecule has 6 rings (SSSR count). The largest absolute Gasteiger partial charge is 0.494 e. The lowest BCUT2D eigenvalue weighted by atomic mass is 9.86. The normalized spacial score (nSPS) is 15.0. The monoisotopic (exact) mass is 590 g/mol. The Labute approximate surface area is 245 Å². The van der Waals surface area contributed by atoms with E-state index in [0.717, 1.165) is 24.1 Å². The van der Waals surface area contributed by atoms with Gasteiger partial charge in [-0.25, -0.2) is 14.1 Å². The van der Waals surface area contributed by atoms with Crippen molar-refractivity contribution in [1.82, 2.24) is 50.9 Å². The number of amides is 1. The maximum absolute atomic E-state index is 15.1. The van der Waals surface area contributed by atoms with Gasteiger partial charge in [0.2, 0.25) is 0 Å². The maximum Gasteiger partial charge on any atom is 0.309 e. The number of tetrazole rings is 1. The van der Waals surface area contributed by atoms with E-state index in [4.69, 9.17) is 9.72 Å². The van der Waals surface area contributed by atoms with E-state index in [0.29, 0.717) is 30.2 Å². The van der Waals surface area contributed by atoms with Gasteiger partial charge in [-0.05, 0) is 72.7 Å². The van der Waals surface area contributed by atoms with Crippen LogP contribution in [0.2, 0.25) is 0 Å². The lowest BCUT2D eigenvalue weighted by Gasteiger charge is -2.20. The predicted molar refractivity (Wildman–Crippen MR) is 150 cm³/mol. The number of aliphatic carboxylic acids is 1. The minimum Gasteiger partial charge on any atom is -0.494 e. The van der Waals surface area contributed by atoms with Crippen LogP contribution in [0.4, 0.5) is 4.39 Å². The highest BCUT2D eigenvalue weighted by molar-refractivity contribution is 5.92. The van der Waals surface area contributed by atoms with Crippen molar-refractivity contribution in [2.24, 2.45) is 5.41 Å². The zero-order valence-electron chi connectivity index (χ0n) is 23.8. The number of aromatic nitrogens is 6. The highest BCUT2D eigenvalue weighted by Gasteiger charge is 2.31. The number of hydrogen-bond acceptors (Lipinski definition) is 10. The summed E-state index contributed by atoms with van der Waals surface area (Å²) in [6, 6.07) is 5.15. The van der Waals surface area contributed by atoms with Crippen LogP contribution in [0, 0.1) is 11.2 Å². The number of carboxylic acids is 1. The molecule has 0 bridgehead atoms. The van der Waals surface area contributed by atoms with Gasteiger partial charge in [-0.1, -0.05) is 6.07 Å². The summed E-state index contributed by atoms with van der Waals surface area (Å²) in [6.07, 6.45) is 9.49.